The average Bonchev–Trinajstić information content (AvgIpc) is 3.24. The highest BCUT2D eigenvalue weighted by Gasteiger charge is 2.56. The van der Waals surface area contributed by atoms with Gasteiger partial charge in [0, 0.05) is 35.5 Å². The van der Waals surface area contributed by atoms with Crippen LogP contribution in [0.5, 0.6) is 11.5 Å². The normalized spacial score (nSPS) is 33.4. The van der Waals surface area contributed by atoms with E-state index in [0.717, 1.165) is 28.6 Å². The molecule has 0 saturated carbocycles. The molecule has 7 heteroatoms. The number of hydrogen-bond donors (Lipinski definition) is 1. The summed E-state index contributed by atoms with van der Waals surface area (Å²) in [5, 5.41) is 11.6. The van der Waals surface area contributed by atoms with Gasteiger partial charge in [-0.25, -0.2) is 0 Å². The minimum absolute atomic E-state index is 0.239. The average molecular weight is 385 g/mol. The van der Waals surface area contributed by atoms with E-state index in [1.54, 1.807) is 14.2 Å². The fraction of sp³-hybridized carbons (Fsp3) is 0.667. The van der Waals surface area contributed by atoms with E-state index in [1.807, 2.05) is 42.6 Å². The number of methoxy groups -OCH3 is 2. The van der Waals surface area contributed by atoms with E-state index in [-0.39, 0.29) is 16.5 Å². The Balaban J connectivity index is 1.84. The highest BCUT2D eigenvalue weighted by Crippen LogP contribution is 2.63. The summed E-state index contributed by atoms with van der Waals surface area (Å²) in [6, 6.07) is 3.90. The van der Waals surface area contributed by atoms with E-state index in [0.29, 0.717) is 19.4 Å². The SMILES string of the molecule is COc1ccc(OC)c2c1CC(O)(C1CO[C@H](C)O1)CC21SCCS1. The molecular weight excluding hydrogens is 360 g/mol. The van der Waals surface area contributed by atoms with Gasteiger partial charge >= 0.3 is 0 Å². The lowest BCUT2D eigenvalue weighted by molar-refractivity contribution is -0.118. The Labute approximate surface area is 156 Å². The molecule has 1 spiro atoms. The fourth-order valence-electron chi connectivity index (χ4n) is 4.17. The lowest BCUT2D eigenvalue weighted by Crippen LogP contribution is -2.52. The predicted octanol–water partition coefficient (Wildman–Crippen LogP) is 2.78. The maximum Gasteiger partial charge on any atom is 0.155 e. The molecule has 2 fully saturated rings. The van der Waals surface area contributed by atoms with Crippen molar-refractivity contribution in [1.82, 2.24) is 0 Å². The van der Waals surface area contributed by atoms with Crippen molar-refractivity contribution in [2.75, 3.05) is 32.3 Å². The van der Waals surface area contributed by atoms with Crippen LogP contribution in [0, 0.1) is 0 Å². The van der Waals surface area contributed by atoms with Gasteiger partial charge in [-0.05, 0) is 19.1 Å². The minimum atomic E-state index is -0.984. The first-order valence-electron chi connectivity index (χ1n) is 8.53. The first-order valence-corrected chi connectivity index (χ1v) is 10.5. The standard InChI is InChI=1S/C18H24O5S2/c1-11-22-9-15(23-11)17(19)8-12-13(20-2)4-5-14(21-3)16(12)18(10-17)24-6-7-25-18/h4-5,11,15,19H,6-10H2,1-3H3/t11-,15?,17?/m0/s1. The van der Waals surface area contributed by atoms with Crippen LogP contribution in [0.25, 0.3) is 0 Å². The highest BCUT2D eigenvalue weighted by molar-refractivity contribution is 8.20. The molecule has 2 saturated heterocycles. The van der Waals surface area contributed by atoms with Gasteiger partial charge in [0.1, 0.15) is 17.6 Å². The van der Waals surface area contributed by atoms with Crippen molar-refractivity contribution in [1.29, 1.82) is 0 Å². The Kier molecular flexibility index (Phi) is 4.65. The number of rotatable bonds is 3. The summed E-state index contributed by atoms with van der Waals surface area (Å²) in [4.78, 5) is 0. The molecule has 3 aliphatic rings. The summed E-state index contributed by atoms with van der Waals surface area (Å²) in [5.41, 5.74) is 1.21. The Morgan fingerprint density at radius 3 is 2.44 bits per heavy atom. The van der Waals surface area contributed by atoms with Gasteiger partial charge in [-0.3, -0.25) is 0 Å². The number of thioether (sulfide) groups is 2. The van der Waals surface area contributed by atoms with Gasteiger partial charge in [0.15, 0.2) is 6.29 Å². The van der Waals surface area contributed by atoms with Gasteiger partial charge in [-0.2, -0.15) is 0 Å². The van der Waals surface area contributed by atoms with Gasteiger partial charge in [0.25, 0.3) is 0 Å². The van der Waals surface area contributed by atoms with Crippen LogP contribution >= 0.6 is 23.5 Å². The van der Waals surface area contributed by atoms with Gasteiger partial charge in [-0.15, -0.1) is 23.5 Å². The lowest BCUT2D eigenvalue weighted by atomic mass is 9.76. The third-order valence-corrected chi connectivity index (χ3v) is 8.68. The molecule has 2 aliphatic heterocycles. The smallest absolute Gasteiger partial charge is 0.155 e. The van der Waals surface area contributed by atoms with E-state index in [2.05, 4.69) is 0 Å². The molecule has 1 aliphatic carbocycles. The van der Waals surface area contributed by atoms with Crippen molar-refractivity contribution < 1.29 is 24.1 Å². The molecular formula is C18H24O5S2. The van der Waals surface area contributed by atoms with Crippen LogP contribution in [0.4, 0.5) is 0 Å². The Bertz CT molecular complexity index is 661. The maximum atomic E-state index is 11.6. The zero-order valence-electron chi connectivity index (χ0n) is 14.7. The van der Waals surface area contributed by atoms with Crippen molar-refractivity contribution in [3.05, 3.63) is 23.3 Å². The predicted molar refractivity (Wildman–Crippen MR) is 99.7 cm³/mol. The van der Waals surface area contributed by atoms with Crippen LogP contribution in [0.15, 0.2) is 12.1 Å². The molecule has 0 bridgehead atoms. The summed E-state index contributed by atoms with van der Waals surface area (Å²) in [6.45, 7) is 2.29. The van der Waals surface area contributed by atoms with Gasteiger partial charge in [0.05, 0.1) is 30.5 Å². The molecule has 4 rings (SSSR count). The second-order valence-electron chi connectivity index (χ2n) is 6.76. The number of aliphatic hydroxyl groups is 1. The van der Waals surface area contributed by atoms with Crippen LogP contribution in [-0.2, 0) is 20.0 Å². The number of fused-ring (bicyclic) bond motifs is 2. The molecule has 5 nitrogen and oxygen atoms in total. The third kappa shape index (κ3) is 2.84. The molecule has 1 aromatic carbocycles. The third-order valence-electron chi connectivity index (χ3n) is 5.27. The topological polar surface area (TPSA) is 57.2 Å². The number of benzene rings is 1. The number of hydrogen-bond acceptors (Lipinski definition) is 7. The van der Waals surface area contributed by atoms with Crippen molar-refractivity contribution in [3.8, 4) is 11.5 Å². The van der Waals surface area contributed by atoms with Crippen LogP contribution in [0.3, 0.4) is 0 Å². The molecule has 0 radical (unpaired) electrons. The van der Waals surface area contributed by atoms with E-state index in [1.165, 1.54) is 5.56 Å². The Hall–Kier alpha value is -0.600. The van der Waals surface area contributed by atoms with Crippen molar-refractivity contribution in [2.45, 2.75) is 41.8 Å². The molecule has 2 heterocycles. The zero-order valence-corrected chi connectivity index (χ0v) is 16.4. The van der Waals surface area contributed by atoms with Gasteiger partial charge < -0.3 is 24.1 Å². The van der Waals surface area contributed by atoms with Gasteiger partial charge in [-0.1, -0.05) is 0 Å². The first-order chi connectivity index (χ1) is 12.0. The van der Waals surface area contributed by atoms with E-state index >= 15 is 0 Å². The largest absolute Gasteiger partial charge is 0.496 e. The lowest BCUT2D eigenvalue weighted by Gasteiger charge is -2.46. The summed E-state index contributed by atoms with van der Waals surface area (Å²) in [6.07, 6.45) is 0.492. The Morgan fingerprint density at radius 2 is 1.84 bits per heavy atom. The van der Waals surface area contributed by atoms with E-state index in [9.17, 15) is 5.11 Å². The summed E-state index contributed by atoms with van der Waals surface area (Å²) >= 11 is 3.78. The van der Waals surface area contributed by atoms with Crippen molar-refractivity contribution >= 4 is 23.5 Å². The van der Waals surface area contributed by atoms with Crippen LogP contribution in [0.1, 0.15) is 24.5 Å². The van der Waals surface area contributed by atoms with E-state index < -0.39 is 5.60 Å². The molecule has 3 atom stereocenters. The monoisotopic (exact) mass is 384 g/mol. The second-order valence-corrected chi connectivity index (χ2v) is 9.80. The van der Waals surface area contributed by atoms with Crippen LogP contribution in [0.2, 0.25) is 0 Å². The van der Waals surface area contributed by atoms with E-state index in [4.69, 9.17) is 18.9 Å². The fourth-order valence-corrected chi connectivity index (χ4v) is 7.76. The number of ether oxygens (including phenoxy) is 4. The van der Waals surface area contributed by atoms with Crippen LogP contribution in [-0.4, -0.2) is 55.4 Å². The summed E-state index contributed by atoms with van der Waals surface area (Å²) in [5.74, 6) is 3.78. The van der Waals surface area contributed by atoms with Gasteiger partial charge in [0.2, 0.25) is 0 Å². The molecule has 2 unspecified atom stereocenters. The quantitative estimate of drug-likeness (QED) is 0.860. The van der Waals surface area contributed by atoms with Crippen LogP contribution < -0.4 is 9.47 Å². The molecule has 0 amide bonds. The molecule has 138 valence electrons. The summed E-state index contributed by atoms with van der Waals surface area (Å²) < 4.78 is 22.5. The van der Waals surface area contributed by atoms with Crippen molar-refractivity contribution in [3.63, 3.8) is 0 Å². The minimum Gasteiger partial charge on any atom is -0.496 e. The highest BCUT2D eigenvalue weighted by atomic mass is 32.2. The maximum absolute atomic E-state index is 11.6. The molecule has 1 N–H and O–H groups in total. The van der Waals surface area contributed by atoms with Crippen molar-refractivity contribution in [2.24, 2.45) is 0 Å². The second kappa shape index (κ2) is 6.53. The Morgan fingerprint density at radius 1 is 1.16 bits per heavy atom. The molecule has 1 aromatic rings. The first kappa shape index (κ1) is 17.8. The summed E-state index contributed by atoms with van der Waals surface area (Å²) in [7, 11) is 3.38. The molecule has 0 aromatic heterocycles. The zero-order chi connectivity index (χ0) is 17.7. The molecule has 25 heavy (non-hydrogen) atoms.